The molecule has 0 aromatic heterocycles. The molecular weight excluding hydrogens is 211 g/mol. The van der Waals surface area contributed by atoms with Gasteiger partial charge in [0.05, 0.1) is 0 Å². The standard InChI is InChI=1S/C7H15I/c1-8(2)7-5-3-4-6-7/h7H,3-6H2,1-2H3. The molecule has 0 N–H and O–H groups in total. The van der Waals surface area contributed by atoms with Crippen LogP contribution < -0.4 is 0 Å². The van der Waals surface area contributed by atoms with Crippen molar-refractivity contribution in [3.05, 3.63) is 0 Å². The molecule has 0 amide bonds. The van der Waals surface area contributed by atoms with Crippen LogP contribution in [0, 0.1) is 0 Å². The van der Waals surface area contributed by atoms with E-state index >= 15 is 0 Å². The fourth-order valence-corrected chi connectivity index (χ4v) is 4.68. The molecule has 0 unspecified atom stereocenters. The minimum atomic E-state index is -0.372. The van der Waals surface area contributed by atoms with Gasteiger partial charge in [0.15, 0.2) is 0 Å². The molecule has 0 atom stereocenters. The number of hydrogen-bond acceptors (Lipinski definition) is 0. The van der Waals surface area contributed by atoms with Crippen LogP contribution in [0.15, 0.2) is 0 Å². The summed E-state index contributed by atoms with van der Waals surface area (Å²) in [7, 11) is 0. The van der Waals surface area contributed by atoms with E-state index < -0.39 is 0 Å². The molecule has 1 heteroatoms. The zero-order valence-electron chi connectivity index (χ0n) is 5.78. The van der Waals surface area contributed by atoms with Crippen LogP contribution in [0.3, 0.4) is 0 Å². The average molecular weight is 226 g/mol. The molecule has 0 bridgehead atoms. The summed E-state index contributed by atoms with van der Waals surface area (Å²) in [4.78, 5) is 5.00. The quantitative estimate of drug-likeness (QED) is 0.476. The van der Waals surface area contributed by atoms with Crippen LogP contribution in [0.2, 0.25) is 0 Å². The van der Waals surface area contributed by atoms with Gasteiger partial charge in [-0.25, -0.2) is 0 Å². The van der Waals surface area contributed by atoms with Crippen LogP contribution in [-0.4, -0.2) is 13.8 Å². The first kappa shape index (κ1) is 6.84. The maximum absolute atomic E-state index is 2.50. The normalized spacial score (nSPS) is 24.0. The summed E-state index contributed by atoms with van der Waals surface area (Å²) < 4.78 is 1.22. The van der Waals surface area contributed by atoms with Crippen molar-refractivity contribution >= 4 is 19.8 Å². The van der Waals surface area contributed by atoms with Crippen molar-refractivity contribution in [3.8, 4) is 0 Å². The summed E-state index contributed by atoms with van der Waals surface area (Å²) in [6, 6.07) is 0. The van der Waals surface area contributed by atoms with Crippen molar-refractivity contribution in [2.45, 2.75) is 29.6 Å². The fourth-order valence-electron chi connectivity index (χ4n) is 1.31. The SMILES string of the molecule is CI(C)C1CCCC1. The van der Waals surface area contributed by atoms with E-state index in [0.29, 0.717) is 0 Å². The molecule has 50 valence electrons. The third-order valence-corrected chi connectivity index (χ3v) is 6.67. The molecule has 0 nitrogen and oxygen atoms in total. The minimum absolute atomic E-state index is 0.372. The van der Waals surface area contributed by atoms with Crippen molar-refractivity contribution in [2.24, 2.45) is 0 Å². The second-order valence-electron chi connectivity index (χ2n) is 2.70. The molecule has 0 radical (unpaired) electrons. The molecule has 1 aliphatic rings. The second kappa shape index (κ2) is 3.04. The fraction of sp³-hybridized carbons (Fsp3) is 1.00. The molecule has 0 saturated heterocycles. The van der Waals surface area contributed by atoms with Crippen molar-refractivity contribution < 1.29 is 0 Å². The summed E-state index contributed by atoms with van der Waals surface area (Å²) in [5.41, 5.74) is 0. The Bertz CT molecular complexity index is 62.8. The third-order valence-electron chi connectivity index (χ3n) is 1.90. The first-order chi connectivity index (χ1) is 3.80. The molecular formula is C7H15I. The topological polar surface area (TPSA) is 0 Å². The summed E-state index contributed by atoms with van der Waals surface area (Å²) in [6.45, 7) is 0. The van der Waals surface area contributed by atoms with Crippen LogP contribution in [0.25, 0.3) is 0 Å². The van der Waals surface area contributed by atoms with E-state index in [2.05, 4.69) is 9.86 Å². The Labute approximate surface area is 59.4 Å². The predicted molar refractivity (Wildman–Crippen MR) is 48.1 cm³/mol. The van der Waals surface area contributed by atoms with Gasteiger partial charge in [-0.3, -0.25) is 0 Å². The number of halogens is 1. The molecule has 8 heavy (non-hydrogen) atoms. The monoisotopic (exact) mass is 226 g/mol. The second-order valence-corrected chi connectivity index (χ2v) is 9.11. The number of rotatable bonds is 1. The van der Waals surface area contributed by atoms with Gasteiger partial charge in [0, 0.05) is 0 Å². The van der Waals surface area contributed by atoms with Gasteiger partial charge in [0.1, 0.15) is 0 Å². The molecule has 0 aromatic rings. The molecule has 1 aliphatic carbocycles. The Morgan fingerprint density at radius 2 is 1.62 bits per heavy atom. The molecule has 0 heterocycles. The van der Waals surface area contributed by atoms with Gasteiger partial charge in [-0.05, 0) is 0 Å². The van der Waals surface area contributed by atoms with Gasteiger partial charge >= 0.3 is 59.3 Å². The van der Waals surface area contributed by atoms with Gasteiger partial charge in [-0.15, -0.1) is 0 Å². The molecule has 0 aromatic carbocycles. The van der Waals surface area contributed by atoms with E-state index in [4.69, 9.17) is 0 Å². The van der Waals surface area contributed by atoms with Crippen LogP contribution in [0.4, 0.5) is 0 Å². The number of alkyl halides is 3. The van der Waals surface area contributed by atoms with E-state index in [1.54, 1.807) is 12.8 Å². The Kier molecular flexibility index (Phi) is 2.60. The van der Waals surface area contributed by atoms with E-state index in [-0.39, 0.29) is 19.8 Å². The Morgan fingerprint density at radius 3 is 1.88 bits per heavy atom. The summed E-state index contributed by atoms with van der Waals surface area (Å²) in [6.07, 6.45) is 6.19. The van der Waals surface area contributed by atoms with E-state index in [9.17, 15) is 0 Å². The summed E-state index contributed by atoms with van der Waals surface area (Å²) in [5, 5.41) is 0. The van der Waals surface area contributed by atoms with Crippen LogP contribution in [0.5, 0.6) is 0 Å². The first-order valence-electron chi connectivity index (χ1n) is 3.29. The molecule has 1 fully saturated rings. The summed E-state index contributed by atoms with van der Waals surface area (Å²) >= 11 is -0.372. The van der Waals surface area contributed by atoms with Crippen LogP contribution in [-0.2, 0) is 0 Å². The van der Waals surface area contributed by atoms with Gasteiger partial charge in [0.2, 0.25) is 0 Å². The first-order valence-corrected chi connectivity index (χ1v) is 8.85. The van der Waals surface area contributed by atoms with E-state index in [1.165, 1.54) is 16.8 Å². The predicted octanol–water partition coefficient (Wildman–Crippen LogP) is 2.70. The molecule has 0 aliphatic heterocycles. The number of hydrogen-bond donors (Lipinski definition) is 0. The Morgan fingerprint density at radius 1 is 1.12 bits per heavy atom. The van der Waals surface area contributed by atoms with Crippen LogP contribution >= 0.6 is 19.8 Å². The third kappa shape index (κ3) is 1.61. The Balaban J connectivity index is 2.24. The van der Waals surface area contributed by atoms with Crippen molar-refractivity contribution in [2.75, 3.05) is 9.86 Å². The van der Waals surface area contributed by atoms with Gasteiger partial charge < -0.3 is 0 Å². The maximum atomic E-state index is 2.50. The van der Waals surface area contributed by atoms with Gasteiger partial charge in [0.25, 0.3) is 0 Å². The van der Waals surface area contributed by atoms with Crippen molar-refractivity contribution in [1.29, 1.82) is 0 Å². The van der Waals surface area contributed by atoms with E-state index in [0.717, 1.165) is 0 Å². The van der Waals surface area contributed by atoms with E-state index in [1.807, 2.05) is 0 Å². The average Bonchev–Trinajstić information content (AvgIpc) is 2.12. The van der Waals surface area contributed by atoms with Crippen LogP contribution in [0.1, 0.15) is 25.7 Å². The molecule has 0 spiro atoms. The zero-order valence-corrected chi connectivity index (χ0v) is 7.94. The zero-order chi connectivity index (χ0) is 5.98. The molecule has 1 saturated carbocycles. The Hall–Kier alpha value is 0.730. The van der Waals surface area contributed by atoms with Crippen molar-refractivity contribution in [3.63, 3.8) is 0 Å². The summed E-state index contributed by atoms with van der Waals surface area (Å²) in [5.74, 6) is 0. The molecule has 1 rings (SSSR count). The van der Waals surface area contributed by atoms with Gasteiger partial charge in [-0.2, -0.15) is 0 Å². The van der Waals surface area contributed by atoms with Crippen molar-refractivity contribution in [1.82, 2.24) is 0 Å². The van der Waals surface area contributed by atoms with Gasteiger partial charge in [-0.1, -0.05) is 0 Å².